The van der Waals surface area contributed by atoms with E-state index in [0.717, 1.165) is 13.1 Å². The molecule has 2 nitrogen and oxygen atoms in total. The lowest BCUT2D eigenvalue weighted by Gasteiger charge is -1.95. The first-order valence-electron chi connectivity index (χ1n) is 2.76. The monoisotopic (exact) mass is 131 g/mol. The molecule has 1 radical (unpaired) electrons. The molecule has 0 bridgehead atoms. The van der Waals surface area contributed by atoms with Crippen molar-refractivity contribution in [3.05, 3.63) is 0 Å². The highest BCUT2D eigenvalue weighted by Crippen LogP contribution is 1.78. The average molecular weight is 131 g/mol. The molecule has 0 saturated carbocycles. The minimum absolute atomic E-state index is 0.620. The van der Waals surface area contributed by atoms with Gasteiger partial charge < -0.3 is 5.32 Å². The number of amidine groups is 1. The number of hydrogen-bond acceptors (Lipinski definition) is 1. The van der Waals surface area contributed by atoms with E-state index >= 15 is 0 Å². The number of nitrogens with one attached hydrogen (secondary N) is 1. The van der Waals surface area contributed by atoms with Gasteiger partial charge in [0.2, 0.25) is 0 Å². The highest BCUT2D eigenvalue weighted by atomic mass is 32.1. The van der Waals surface area contributed by atoms with E-state index in [0.29, 0.717) is 5.17 Å². The van der Waals surface area contributed by atoms with E-state index in [1.807, 2.05) is 13.8 Å². The van der Waals surface area contributed by atoms with Gasteiger partial charge in [0.15, 0.2) is 5.17 Å². The normalized spacial score (nSPS) is 11.5. The van der Waals surface area contributed by atoms with E-state index in [-0.39, 0.29) is 0 Å². The zero-order valence-electron chi connectivity index (χ0n) is 5.27. The second-order valence-corrected chi connectivity index (χ2v) is 1.70. The quantitative estimate of drug-likeness (QED) is 0.441. The Morgan fingerprint density at radius 1 is 1.62 bits per heavy atom. The van der Waals surface area contributed by atoms with E-state index in [4.69, 9.17) is 12.6 Å². The Morgan fingerprint density at radius 3 is 2.62 bits per heavy atom. The van der Waals surface area contributed by atoms with Gasteiger partial charge in [0.05, 0.1) is 0 Å². The SMILES string of the molecule is CCN=C([S])NCC. The molecule has 0 aromatic carbocycles. The Bertz CT molecular complexity index is 80.5. The van der Waals surface area contributed by atoms with Crippen molar-refractivity contribution in [2.45, 2.75) is 13.8 Å². The van der Waals surface area contributed by atoms with Gasteiger partial charge in [-0.3, -0.25) is 4.99 Å². The number of aliphatic imine (C=N–C) groups is 1. The molecular weight excluding hydrogens is 120 g/mol. The van der Waals surface area contributed by atoms with E-state index in [9.17, 15) is 0 Å². The molecule has 0 aromatic heterocycles. The summed E-state index contributed by atoms with van der Waals surface area (Å²) in [6, 6.07) is 0. The van der Waals surface area contributed by atoms with Gasteiger partial charge in [-0.05, 0) is 26.5 Å². The molecule has 0 rings (SSSR count). The van der Waals surface area contributed by atoms with Gasteiger partial charge in [-0.25, -0.2) is 0 Å². The highest BCUT2D eigenvalue weighted by Gasteiger charge is 1.83. The second kappa shape index (κ2) is 4.84. The van der Waals surface area contributed by atoms with Crippen LogP contribution >= 0.6 is 12.6 Å². The van der Waals surface area contributed by atoms with E-state index < -0.39 is 0 Å². The lowest BCUT2D eigenvalue weighted by atomic mass is 10.7. The first kappa shape index (κ1) is 7.69. The fraction of sp³-hybridized carbons (Fsp3) is 0.800. The van der Waals surface area contributed by atoms with E-state index in [1.54, 1.807) is 0 Å². The first-order chi connectivity index (χ1) is 3.81. The summed E-state index contributed by atoms with van der Waals surface area (Å²) in [6.07, 6.45) is 0. The van der Waals surface area contributed by atoms with Gasteiger partial charge >= 0.3 is 0 Å². The minimum atomic E-state index is 0.620. The largest absolute Gasteiger partial charge is 0.361 e. The van der Waals surface area contributed by atoms with Crippen LogP contribution in [0, 0.1) is 0 Å². The second-order valence-electron chi connectivity index (χ2n) is 1.31. The van der Waals surface area contributed by atoms with Crippen LogP contribution in [0.2, 0.25) is 0 Å². The van der Waals surface area contributed by atoms with Crippen LogP contribution in [0.5, 0.6) is 0 Å². The molecule has 0 aliphatic rings. The Morgan fingerprint density at radius 2 is 2.25 bits per heavy atom. The third kappa shape index (κ3) is 3.87. The fourth-order valence-corrected chi connectivity index (χ4v) is 0.624. The number of nitrogens with zero attached hydrogens (tertiary/aromatic N) is 1. The Balaban J connectivity index is 3.29. The van der Waals surface area contributed by atoms with E-state index in [1.165, 1.54) is 0 Å². The summed E-state index contributed by atoms with van der Waals surface area (Å²) in [6.45, 7) is 5.59. The molecule has 3 heteroatoms. The molecule has 0 amide bonds. The summed E-state index contributed by atoms with van der Waals surface area (Å²) in [7, 11) is 0. The average Bonchev–Trinajstić information content (AvgIpc) is 1.68. The summed E-state index contributed by atoms with van der Waals surface area (Å²) in [4.78, 5) is 3.93. The van der Waals surface area contributed by atoms with Crippen molar-refractivity contribution in [3.63, 3.8) is 0 Å². The van der Waals surface area contributed by atoms with Gasteiger partial charge in [-0.2, -0.15) is 0 Å². The summed E-state index contributed by atoms with van der Waals surface area (Å²) >= 11 is 4.77. The highest BCUT2D eigenvalue weighted by molar-refractivity contribution is 7.96. The number of hydrogen-bond donors (Lipinski definition) is 1. The predicted molar refractivity (Wildman–Crippen MR) is 39.2 cm³/mol. The molecule has 0 saturated heterocycles. The maximum absolute atomic E-state index is 4.77. The Hall–Kier alpha value is -0.310. The molecule has 0 atom stereocenters. The molecule has 0 unspecified atom stereocenters. The minimum Gasteiger partial charge on any atom is -0.361 e. The predicted octanol–water partition coefficient (Wildman–Crippen LogP) is 1.17. The molecular formula is C5H11N2S. The molecule has 0 aromatic rings. The van der Waals surface area contributed by atoms with Crippen molar-refractivity contribution in [2.75, 3.05) is 13.1 Å². The van der Waals surface area contributed by atoms with Crippen LogP contribution in [-0.2, 0) is 0 Å². The number of rotatable bonds is 2. The van der Waals surface area contributed by atoms with Gasteiger partial charge in [0.1, 0.15) is 0 Å². The smallest absolute Gasteiger partial charge is 0.188 e. The van der Waals surface area contributed by atoms with Crippen molar-refractivity contribution in [1.82, 2.24) is 5.32 Å². The van der Waals surface area contributed by atoms with Crippen LogP contribution in [0.15, 0.2) is 4.99 Å². The zero-order valence-corrected chi connectivity index (χ0v) is 6.09. The van der Waals surface area contributed by atoms with Crippen LogP contribution < -0.4 is 5.32 Å². The summed E-state index contributed by atoms with van der Waals surface area (Å²) in [5.41, 5.74) is 0. The lowest BCUT2D eigenvalue weighted by molar-refractivity contribution is 0.966. The zero-order chi connectivity index (χ0) is 6.41. The third-order valence-corrected chi connectivity index (χ3v) is 0.903. The standard InChI is InChI=1S/C5H11N2S/c1-3-6-5(8)7-4-2/h3-4H2,1-2H3,(H,6,7). The molecule has 0 heterocycles. The molecule has 0 aliphatic heterocycles. The van der Waals surface area contributed by atoms with Crippen molar-refractivity contribution < 1.29 is 0 Å². The fourth-order valence-electron chi connectivity index (χ4n) is 0.351. The summed E-state index contributed by atoms with van der Waals surface area (Å²) < 4.78 is 0. The van der Waals surface area contributed by atoms with E-state index in [2.05, 4.69) is 10.3 Å². The van der Waals surface area contributed by atoms with Crippen LogP contribution in [0.25, 0.3) is 0 Å². The first-order valence-corrected chi connectivity index (χ1v) is 3.17. The van der Waals surface area contributed by atoms with Crippen LogP contribution in [0.1, 0.15) is 13.8 Å². The molecule has 0 aliphatic carbocycles. The van der Waals surface area contributed by atoms with Crippen LogP contribution in [-0.4, -0.2) is 18.3 Å². The molecule has 8 heavy (non-hydrogen) atoms. The molecule has 0 spiro atoms. The van der Waals surface area contributed by atoms with Crippen LogP contribution in [0.4, 0.5) is 0 Å². The van der Waals surface area contributed by atoms with Gasteiger partial charge in [0.25, 0.3) is 0 Å². The molecule has 1 N–H and O–H groups in total. The van der Waals surface area contributed by atoms with Crippen molar-refractivity contribution in [1.29, 1.82) is 0 Å². The Kier molecular flexibility index (Phi) is 4.65. The van der Waals surface area contributed by atoms with Crippen LogP contribution in [0.3, 0.4) is 0 Å². The molecule has 47 valence electrons. The maximum atomic E-state index is 4.77. The van der Waals surface area contributed by atoms with Gasteiger partial charge in [-0.1, -0.05) is 0 Å². The topological polar surface area (TPSA) is 24.4 Å². The van der Waals surface area contributed by atoms with Crippen molar-refractivity contribution >= 4 is 17.8 Å². The Labute approximate surface area is 55.8 Å². The maximum Gasteiger partial charge on any atom is 0.188 e. The van der Waals surface area contributed by atoms with Gasteiger partial charge in [0, 0.05) is 13.1 Å². The van der Waals surface area contributed by atoms with Crippen molar-refractivity contribution in [2.24, 2.45) is 4.99 Å². The van der Waals surface area contributed by atoms with Crippen molar-refractivity contribution in [3.8, 4) is 0 Å². The molecule has 0 fully saturated rings. The lowest BCUT2D eigenvalue weighted by Crippen LogP contribution is -2.17. The summed E-state index contributed by atoms with van der Waals surface area (Å²) in [5, 5.41) is 3.53. The third-order valence-electron chi connectivity index (χ3n) is 0.630. The van der Waals surface area contributed by atoms with Gasteiger partial charge in [-0.15, -0.1) is 0 Å². The summed E-state index contributed by atoms with van der Waals surface area (Å²) in [5.74, 6) is 0.